The zero-order valence-electron chi connectivity index (χ0n) is 6.33. The van der Waals surface area contributed by atoms with Crippen LogP contribution in [0.1, 0.15) is 0 Å². The van der Waals surface area contributed by atoms with E-state index in [9.17, 15) is 0 Å². The number of hydrogen-bond acceptors (Lipinski definition) is 1. The fourth-order valence-corrected chi connectivity index (χ4v) is 0.560. The maximum Gasteiger partial charge on any atom is 0.363 e. The molecule has 0 saturated carbocycles. The van der Waals surface area contributed by atoms with Crippen molar-refractivity contribution in [3.8, 4) is 0 Å². The first kappa shape index (κ1) is 18.8. The van der Waals surface area contributed by atoms with Crippen LogP contribution in [0.5, 0.6) is 0 Å². The van der Waals surface area contributed by atoms with Crippen molar-refractivity contribution in [2.24, 2.45) is 0 Å². The maximum absolute atomic E-state index is 8.70. The fraction of sp³-hybridized carbons (Fsp3) is 0. The summed E-state index contributed by atoms with van der Waals surface area (Å²) in [4.78, 5) is 14.2. The molecule has 0 aliphatic carbocycles. The van der Waals surface area contributed by atoms with Gasteiger partial charge in [-0.25, -0.2) is 4.57 Å². The van der Waals surface area contributed by atoms with E-state index in [4.69, 9.17) is 26.0 Å². The van der Waals surface area contributed by atoms with Crippen molar-refractivity contribution in [3.05, 3.63) is 35.4 Å². The third kappa shape index (κ3) is 18.8. The van der Waals surface area contributed by atoms with Gasteiger partial charge in [-0.05, 0) is 12.1 Å². The Labute approximate surface area is 94.5 Å². The fourth-order valence-electron chi connectivity index (χ4n) is 0.415. The van der Waals surface area contributed by atoms with Crippen LogP contribution >= 0.6 is 44.7 Å². The van der Waals surface area contributed by atoms with Crippen molar-refractivity contribution >= 4 is 44.7 Å². The van der Waals surface area contributed by atoms with Crippen LogP contribution in [0, 0.1) is 0 Å². The Hall–Kier alpha value is 0.110. The molecule has 1 aromatic rings. The van der Waals surface area contributed by atoms with E-state index in [1.807, 2.05) is 30.3 Å². The third-order valence-corrected chi connectivity index (χ3v) is 0.985. The topological polar surface area (TPSA) is 57.5 Å². The molecule has 0 bridgehead atoms. The largest absolute Gasteiger partial charge is 0.363 e. The van der Waals surface area contributed by atoms with Gasteiger partial charge in [0.25, 0.3) is 0 Å². The van der Waals surface area contributed by atoms with Crippen molar-refractivity contribution in [2.75, 3.05) is 0 Å². The van der Waals surface area contributed by atoms with Crippen molar-refractivity contribution in [1.82, 2.24) is 0 Å². The minimum atomic E-state index is -2.87. The molecule has 0 saturated heterocycles. The summed E-state index contributed by atoms with van der Waals surface area (Å²) in [5.41, 5.74) is 0. The molecule has 0 atom stereocenters. The molecule has 1 radical (unpaired) electrons. The van der Waals surface area contributed by atoms with Gasteiger partial charge in [0.15, 0.2) is 0 Å². The lowest BCUT2D eigenvalue weighted by Crippen LogP contribution is -1.55. The van der Waals surface area contributed by atoms with Crippen LogP contribution in [0.3, 0.4) is 0 Å². The van der Waals surface area contributed by atoms with Gasteiger partial charge in [-0.15, -0.1) is 24.8 Å². The molecule has 0 heterocycles. The molecular formula is C6H9Cl3O3P. The second kappa shape index (κ2) is 12.1. The Morgan fingerprint density at radius 3 is 1.54 bits per heavy atom. The average Bonchev–Trinajstić information content (AvgIpc) is 1.87. The summed E-state index contributed by atoms with van der Waals surface area (Å²) in [6.45, 7) is 0. The van der Waals surface area contributed by atoms with Crippen LogP contribution in [0.4, 0.5) is 0 Å². The minimum Gasteiger partial charge on any atom is -0.298 e. The van der Waals surface area contributed by atoms with Crippen molar-refractivity contribution in [2.45, 2.75) is 0 Å². The van der Waals surface area contributed by atoms with Crippen molar-refractivity contribution in [1.29, 1.82) is 0 Å². The zero-order chi connectivity index (χ0) is 8.69. The summed E-state index contributed by atoms with van der Waals surface area (Å²) in [7, 11) is -2.87. The molecule has 0 aliphatic rings. The monoisotopic (exact) mass is 265 g/mol. The average molecular weight is 266 g/mol. The van der Waals surface area contributed by atoms with Crippen LogP contribution in [0.2, 0.25) is 5.02 Å². The second-order valence-electron chi connectivity index (χ2n) is 1.55. The van der Waals surface area contributed by atoms with E-state index in [2.05, 4.69) is 0 Å². The van der Waals surface area contributed by atoms with Crippen molar-refractivity contribution in [3.63, 3.8) is 0 Å². The highest BCUT2D eigenvalue weighted by molar-refractivity contribution is 7.30. The Morgan fingerprint density at radius 1 is 1.08 bits per heavy atom. The molecule has 0 aliphatic heterocycles. The quantitative estimate of drug-likeness (QED) is 0.710. The Bertz CT molecular complexity index is 216. The second-order valence-corrected chi connectivity index (χ2v) is 2.49. The molecule has 77 valence electrons. The van der Waals surface area contributed by atoms with Crippen molar-refractivity contribution < 1.29 is 14.4 Å². The predicted octanol–water partition coefficient (Wildman–Crippen LogP) is 2.81. The molecule has 2 N–H and O–H groups in total. The summed E-state index contributed by atoms with van der Waals surface area (Å²) in [6.07, 6.45) is 0. The van der Waals surface area contributed by atoms with Gasteiger partial charge >= 0.3 is 8.25 Å². The van der Waals surface area contributed by atoms with E-state index in [1.54, 1.807) is 0 Å². The van der Waals surface area contributed by atoms with Gasteiger partial charge in [0, 0.05) is 5.02 Å². The highest BCUT2D eigenvalue weighted by Crippen LogP contribution is 2.03. The van der Waals surface area contributed by atoms with Gasteiger partial charge in [0.2, 0.25) is 0 Å². The number of hydrogen-bond donors (Lipinski definition) is 2. The Kier molecular flexibility index (Phi) is 17.5. The lowest BCUT2D eigenvalue weighted by Gasteiger charge is -1.80. The lowest BCUT2D eigenvalue weighted by atomic mass is 10.4. The van der Waals surface area contributed by atoms with Gasteiger partial charge in [0.05, 0.1) is 0 Å². The summed E-state index contributed by atoms with van der Waals surface area (Å²) in [5, 5.41) is 0.794. The first-order chi connectivity index (χ1) is 5.13. The highest BCUT2D eigenvalue weighted by Gasteiger charge is 1.74. The van der Waals surface area contributed by atoms with Crippen LogP contribution in [0.15, 0.2) is 30.3 Å². The van der Waals surface area contributed by atoms with E-state index < -0.39 is 8.25 Å². The van der Waals surface area contributed by atoms with Crippen LogP contribution in [-0.4, -0.2) is 9.79 Å². The van der Waals surface area contributed by atoms with Gasteiger partial charge in [-0.2, -0.15) is 0 Å². The summed E-state index contributed by atoms with van der Waals surface area (Å²) in [5.74, 6) is 0. The van der Waals surface area contributed by atoms with Crippen LogP contribution in [-0.2, 0) is 4.57 Å². The normalized spacial score (nSPS) is 6.69. The SMILES string of the molecule is Cl.Cl.Clc1ccccc1.O=[P](O)O. The smallest absolute Gasteiger partial charge is 0.298 e. The molecule has 0 spiro atoms. The molecular weight excluding hydrogens is 257 g/mol. The molecule has 0 unspecified atom stereocenters. The maximum atomic E-state index is 8.70. The van der Waals surface area contributed by atoms with Gasteiger partial charge in [-0.1, -0.05) is 29.8 Å². The molecule has 0 amide bonds. The lowest BCUT2D eigenvalue weighted by molar-refractivity contribution is 0.405. The number of benzene rings is 1. The third-order valence-electron chi connectivity index (χ3n) is 0.733. The predicted molar refractivity (Wildman–Crippen MR) is 58.0 cm³/mol. The van der Waals surface area contributed by atoms with E-state index in [-0.39, 0.29) is 24.8 Å². The molecule has 3 nitrogen and oxygen atoms in total. The minimum absolute atomic E-state index is 0. The Morgan fingerprint density at radius 2 is 1.38 bits per heavy atom. The molecule has 0 aromatic heterocycles. The summed E-state index contributed by atoms with van der Waals surface area (Å²) < 4.78 is 8.70. The molecule has 7 heteroatoms. The molecule has 1 aromatic carbocycles. The van der Waals surface area contributed by atoms with Crippen LogP contribution < -0.4 is 0 Å². The standard InChI is InChI=1S/C6H5Cl.2ClH.H2O3P/c7-6-4-2-1-3-5-6;;;1-4(2)3/h1-5H;2*1H;(H2,1,2,3). The van der Waals surface area contributed by atoms with Gasteiger partial charge in [0.1, 0.15) is 0 Å². The van der Waals surface area contributed by atoms with Gasteiger partial charge in [-0.3, -0.25) is 9.79 Å². The number of rotatable bonds is 0. The number of halogens is 3. The first-order valence-electron chi connectivity index (χ1n) is 2.68. The molecule has 0 fully saturated rings. The summed E-state index contributed by atoms with van der Waals surface area (Å²) in [6, 6.07) is 9.44. The van der Waals surface area contributed by atoms with Crippen LogP contribution in [0.25, 0.3) is 0 Å². The van der Waals surface area contributed by atoms with Gasteiger partial charge < -0.3 is 0 Å². The molecule has 1 rings (SSSR count). The molecule has 13 heavy (non-hydrogen) atoms. The van der Waals surface area contributed by atoms with E-state index in [1.165, 1.54) is 0 Å². The van der Waals surface area contributed by atoms with E-state index >= 15 is 0 Å². The zero-order valence-corrected chi connectivity index (χ0v) is 9.61. The summed E-state index contributed by atoms with van der Waals surface area (Å²) >= 11 is 5.54. The van der Waals surface area contributed by atoms with E-state index in [0.29, 0.717) is 0 Å². The Balaban J connectivity index is -0.000000150. The highest BCUT2D eigenvalue weighted by atomic mass is 35.5. The van der Waals surface area contributed by atoms with E-state index in [0.717, 1.165) is 5.02 Å². The first-order valence-corrected chi connectivity index (χ1v) is 4.23.